The first-order valence-electron chi connectivity index (χ1n) is 15.3. The average molecular weight is 811 g/mol. The maximum Gasteiger partial charge on any atom is 0.138 e. The van der Waals surface area contributed by atoms with Crippen LogP contribution in [0.3, 0.4) is 0 Å². The molecule has 1 radical (unpaired) electrons. The number of thiophene rings is 1. The number of fused-ring (bicyclic) bond motifs is 7. The monoisotopic (exact) mass is 811 g/mol. The van der Waals surface area contributed by atoms with Crippen molar-refractivity contribution in [2.75, 3.05) is 0 Å². The Morgan fingerprint density at radius 2 is 1.50 bits per heavy atom. The number of aromatic nitrogens is 2. The van der Waals surface area contributed by atoms with E-state index in [4.69, 9.17) is 4.42 Å². The van der Waals surface area contributed by atoms with Crippen molar-refractivity contribution in [3.63, 3.8) is 0 Å². The fourth-order valence-electron chi connectivity index (χ4n) is 5.66. The van der Waals surface area contributed by atoms with E-state index in [1.54, 1.807) is 11.3 Å². The van der Waals surface area contributed by atoms with Crippen LogP contribution in [0.25, 0.3) is 64.6 Å². The zero-order valence-electron chi connectivity index (χ0n) is 26.5. The van der Waals surface area contributed by atoms with E-state index in [0.717, 1.165) is 44.5 Å². The van der Waals surface area contributed by atoms with Crippen molar-refractivity contribution in [3.05, 3.63) is 127 Å². The second-order valence-corrected chi connectivity index (χ2v) is 18.8. The molecule has 4 aromatic heterocycles. The smallest absolute Gasteiger partial charge is 0.138 e. The first-order valence-corrected chi connectivity index (χ1v) is 19.7. The third-order valence-corrected chi connectivity index (χ3v) is 11.5. The summed E-state index contributed by atoms with van der Waals surface area (Å²) in [4.78, 5) is 9.14. The number of pyridine rings is 2. The van der Waals surface area contributed by atoms with Gasteiger partial charge in [-0.15, -0.1) is 65.4 Å². The summed E-state index contributed by atoms with van der Waals surface area (Å²) in [5.74, 6) is 0.449. The second-order valence-electron chi connectivity index (χ2n) is 12.7. The van der Waals surface area contributed by atoms with Crippen molar-refractivity contribution in [2.45, 2.75) is 39.4 Å². The molecule has 0 spiro atoms. The van der Waals surface area contributed by atoms with E-state index < -0.39 is 8.07 Å². The van der Waals surface area contributed by atoms with Gasteiger partial charge in [-0.3, -0.25) is 0 Å². The van der Waals surface area contributed by atoms with Gasteiger partial charge in [0.2, 0.25) is 0 Å². The van der Waals surface area contributed by atoms with Gasteiger partial charge in [0, 0.05) is 53.4 Å². The van der Waals surface area contributed by atoms with Crippen LogP contribution < -0.4 is 5.19 Å². The van der Waals surface area contributed by atoms with Crippen LogP contribution in [-0.4, -0.2) is 18.0 Å². The summed E-state index contributed by atoms with van der Waals surface area (Å²) in [6.45, 7) is 11.4. The molecule has 8 rings (SSSR count). The largest absolute Gasteiger partial charge is 0.499 e. The number of benzene rings is 4. The normalized spacial score (nSPS) is 11.6. The number of hydrogen-bond donors (Lipinski definition) is 0. The number of nitrogens with zero attached hydrogens (tertiary/aromatic N) is 2. The van der Waals surface area contributed by atoms with Crippen molar-refractivity contribution in [1.82, 2.24) is 9.97 Å². The molecule has 4 aromatic carbocycles. The van der Waals surface area contributed by atoms with Crippen LogP contribution in [0.1, 0.15) is 25.3 Å². The van der Waals surface area contributed by atoms with Crippen molar-refractivity contribution in [3.8, 4) is 22.5 Å². The molecule has 0 aliphatic heterocycles. The molecule has 231 valence electrons. The van der Waals surface area contributed by atoms with Crippen LogP contribution in [-0.2, 0) is 20.1 Å². The molecule has 0 fully saturated rings. The Bertz CT molecular complexity index is 2280. The molecule has 3 nitrogen and oxygen atoms in total. The van der Waals surface area contributed by atoms with Crippen LogP contribution in [0, 0.1) is 12.1 Å². The molecule has 4 heterocycles. The second kappa shape index (κ2) is 13.1. The van der Waals surface area contributed by atoms with Crippen molar-refractivity contribution < 1.29 is 24.5 Å². The van der Waals surface area contributed by atoms with E-state index in [1.165, 1.54) is 30.9 Å². The first-order chi connectivity index (χ1) is 21.8. The van der Waals surface area contributed by atoms with Crippen LogP contribution in [0.5, 0.6) is 0 Å². The molecule has 0 aliphatic carbocycles. The molecular formula is C40H34IrN2OSSi-2. The molecule has 6 heteroatoms. The third kappa shape index (κ3) is 6.11. The van der Waals surface area contributed by atoms with E-state index in [1.807, 2.05) is 42.7 Å². The van der Waals surface area contributed by atoms with Gasteiger partial charge < -0.3 is 14.4 Å². The Balaban J connectivity index is 0.000000187. The molecular weight excluding hydrogens is 777 g/mol. The van der Waals surface area contributed by atoms with E-state index >= 15 is 0 Å². The van der Waals surface area contributed by atoms with Gasteiger partial charge in [0.25, 0.3) is 0 Å². The Morgan fingerprint density at radius 1 is 0.717 bits per heavy atom. The fraction of sp³-hybridized carbons (Fsp3) is 0.150. The standard InChI is InChI=1S/C26H18NOS.C14H16NSi.Ir/c1-15(2)16-12-13-27-22(14-16)21-8-5-7-18-19-10-11-20-17-6-3-4-9-23(17)29-26(20)25(19)28-24(18)21;1-16(2,3)13-9-10-14(15-11-13)12-7-5-4-6-8-12;/h3-7,9-15H,1-2H3;4-7,9-11H,1-3H3;/q2*-1;. The molecule has 0 N–H and O–H groups in total. The van der Waals surface area contributed by atoms with Gasteiger partial charge >= 0.3 is 0 Å². The Labute approximate surface area is 288 Å². The molecule has 0 saturated heterocycles. The van der Waals surface area contributed by atoms with Crippen molar-refractivity contribution >= 4 is 66.7 Å². The molecule has 46 heavy (non-hydrogen) atoms. The average Bonchev–Trinajstić information content (AvgIpc) is 3.64. The molecule has 8 aromatic rings. The van der Waals surface area contributed by atoms with E-state index in [9.17, 15) is 0 Å². The summed E-state index contributed by atoms with van der Waals surface area (Å²) in [5, 5.41) is 6.20. The number of furan rings is 1. The topological polar surface area (TPSA) is 38.9 Å². The van der Waals surface area contributed by atoms with Gasteiger partial charge in [-0.25, -0.2) is 0 Å². The van der Waals surface area contributed by atoms with E-state index in [0.29, 0.717) is 5.92 Å². The minimum atomic E-state index is -1.23. The summed E-state index contributed by atoms with van der Waals surface area (Å²) in [7, 11) is -1.23. The summed E-state index contributed by atoms with van der Waals surface area (Å²) in [6, 6.07) is 40.1. The molecule has 0 bridgehead atoms. The predicted octanol–water partition coefficient (Wildman–Crippen LogP) is 11.0. The van der Waals surface area contributed by atoms with Gasteiger partial charge in [-0.1, -0.05) is 98.5 Å². The Hall–Kier alpha value is -3.93. The first kappa shape index (κ1) is 32.0. The minimum Gasteiger partial charge on any atom is -0.499 e. The van der Waals surface area contributed by atoms with Gasteiger partial charge in [-0.2, -0.15) is 0 Å². The van der Waals surface area contributed by atoms with E-state index in [2.05, 4.69) is 122 Å². The summed E-state index contributed by atoms with van der Waals surface area (Å²) in [5.41, 5.74) is 6.99. The van der Waals surface area contributed by atoms with E-state index in [-0.39, 0.29) is 20.1 Å². The molecule has 0 atom stereocenters. The molecule has 0 unspecified atom stereocenters. The predicted molar refractivity (Wildman–Crippen MR) is 194 cm³/mol. The minimum absolute atomic E-state index is 0. The van der Waals surface area contributed by atoms with Gasteiger partial charge in [-0.05, 0) is 34.6 Å². The van der Waals surface area contributed by atoms with Crippen LogP contribution in [0.2, 0.25) is 19.6 Å². The zero-order chi connectivity index (χ0) is 31.1. The Kier molecular flexibility index (Phi) is 9.09. The van der Waals surface area contributed by atoms with Crippen LogP contribution in [0.15, 0.2) is 114 Å². The quantitative estimate of drug-likeness (QED) is 0.131. The maximum absolute atomic E-state index is 6.52. The van der Waals surface area contributed by atoms with Crippen molar-refractivity contribution in [2.24, 2.45) is 0 Å². The van der Waals surface area contributed by atoms with Gasteiger partial charge in [0.15, 0.2) is 0 Å². The SMILES string of the molecule is CC(C)c1ccnc(-c2[c-]ccc3c2oc2c3ccc3c4ccccc4sc32)c1.C[Si](C)(C)c1ccc(-c2[c-]cccc2)nc1.[Ir]. The molecule has 0 saturated carbocycles. The maximum atomic E-state index is 6.52. The summed E-state index contributed by atoms with van der Waals surface area (Å²) < 4.78 is 9.01. The molecule has 0 aliphatic rings. The fourth-order valence-corrected chi connectivity index (χ4v) is 7.89. The Morgan fingerprint density at radius 3 is 2.24 bits per heavy atom. The van der Waals surface area contributed by atoms with Crippen molar-refractivity contribution in [1.29, 1.82) is 0 Å². The van der Waals surface area contributed by atoms with Crippen LogP contribution in [0.4, 0.5) is 0 Å². The summed E-state index contributed by atoms with van der Waals surface area (Å²) >= 11 is 1.79. The third-order valence-electron chi connectivity index (χ3n) is 8.27. The summed E-state index contributed by atoms with van der Waals surface area (Å²) in [6.07, 6.45) is 3.90. The number of hydrogen-bond acceptors (Lipinski definition) is 4. The zero-order valence-corrected chi connectivity index (χ0v) is 30.7. The van der Waals surface area contributed by atoms with Gasteiger partial charge in [0.05, 0.1) is 18.4 Å². The van der Waals surface area contributed by atoms with Crippen LogP contribution >= 0.6 is 11.3 Å². The molecule has 0 amide bonds. The number of rotatable bonds is 4. The van der Waals surface area contributed by atoms with Gasteiger partial charge in [0.1, 0.15) is 5.58 Å².